The molecule has 1 aromatic carbocycles. The van der Waals surface area contributed by atoms with Crippen molar-refractivity contribution in [1.29, 1.82) is 0 Å². The smallest absolute Gasteiger partial charge is 0.194 e. The Bertz CT molecular complexity index is 409. The van der Waals surface area contributed by atoms with Crippen LogP contribution in [0.25, 0.3) is 0 Å². The minimum absolute atomic E-state index is 0.216. The van der Waals surface area contributed by atoms with E-state index in [2.05, 4.69) is 10.3 Å². The van der Waals surface area contributed by atoms with Crippen molar-refractivity contribution in [2.45, 2.75) is 13.5 Å². The number of halogens is 1. The third-order valence-corrected chi connectivity index (χ3v) is 2.56. The zero-order chi connectivity index (χ0) is 14.1. The lowest BCUT2D eigenvalue weighted by atomic mass is 10.2. The molecule has 0 aromatic heterocycles. The number of guanidine groups is 1. The van der Waals surface area contributed by atoms with E-state index in [4.69, 9.17) is 4.74 Å². The van der Waals surface area contributed by atoms with Gasteiger partial charge in [-0.25, -0.2) is 4.39 Å². The van der Waals surface area contributed by atoms with Crippen molar-refractivity contribution >= 4 is 5.96 Å². The van der Waals surface area contributed by atoms with Crippen molar-refractivity contribution in [3.63, 3.8) is 0 Å². The van der Waals surface area contributed by atoms with Crippen LogP contribution in [0.15, 0.2) is 29.3 Å². The molecule has 4 nitrogen and oxygen atoms in total. The van der Waals surface area contributed by atoms with Crippen LogP contribution in [0.5, 0.6) is 0 Å². The van der Waals surface area contributed by atoms with Crippen molar-refractivity contribution in [3.8, 4) is 0 Å². The first-order valence-electron chi connectivity index (χ1n) is 6.40. The molecule has 106 valence electrons. The maximum Gasteiger partial charge on any atom is 0.194 e. The number of aliphatic imine (C=N–C) groups is 1. The normalized spacial score (nSPS) is 11.5. The van der Waals surface area contributed by atoms with Crippen LogP contribution < -0.4 is 5.32 Å². The van der Waals surface area contributed by atoms with Crippen molar-refractivity contribution in [3.05, 3.63) is 35.6 Å². The summed E-state index contributed by atoms with van der Waals surface area (Å²) < 4.78 is 18.1. The summed E-state index contributed by atoms with van der Waals surface area (Å²) in [7, 11) is 3.58. The molecule has 1 N–H and O–H groups in total. The van der Waals surface area contributed by atoms with Gasteiger partial charge in [0.1, 0.15) is 5.82 Å². The molecular weight excluding hydrogens is 245 g/mol. The highest BCUT2D eigenvalue weighted by atomic mass is 19.1. The number of rotatable bonds is 6. The van der Waals surface area contributed by atoms with Gasteiger partial charge in [-0.1, -0.05) is 12.1 Å². The van der Waals surface area contributed by atoms with E-state index in [9.17, 15) is 4.39 Å². The van der Waals surface area contributed by atoms with Gasteiger partial charge in [0.25, 0.3) is 0 Å². The lowest BCUT2D eigenvalue weighted by Crippen LogP contribution is -2.38. The molecular formula is C14H22FN3O. The molecule has 0 radical (unpaired) electrons. The third kappa shape index (κ3) is 5.70. The van der Waals surface area contributed by atoms with Crippen LogP contribution in [0, 0.1) is 5.82 Å². The van der Waals surface area contributed by atoms with Gasteiger partial charge >= 0.3 is 0 Å². The van der Waals surface area contributed by atoms with Crippen LogP contribution in [0.1, 0.15) is 12.5 Å². The van der Waals surface area contributed by atoms with Crippen LogP contribution >= 0.6 is 0 Å². The highest BCUT2D eigenvalue weighted by molar-refractivity contribution is 5.79. The molecule has 0 fully saturated rings. The highest BCUT2D eigenvalue weighted by Gasteiger charge is 2.06. The molecule has 0 aliphatic rings. The SMILES string of the molecule is CCNC(=NCCOC)N(C)Cc1cccc(F)c1. The van der Waals surface area contributed by atoms with Crippen molar-refractivity contribution in [2.24, 2.45) is 4.99 Å². The average molecular weight is 267 g/mol. The minimum Gasteiger partial charge on any atom is -0.383 e. The standard InChI is InChI=1S/C14H22FN3O/c1-4-16-14(17-8-9-19-3)18(2)11-12-6-5-7-13(15)10-12/h5-7,10H,4,8-9,11H2,1-3H3,(H,16,17). The van der Waals surface area contributed by atoms with Gasteiger partial charge in [0.2, 0.25) is 0 Å². The molecule has 19 heavy (non-hydrogen) atoms. The first-order chi connectivity index (χ1) is 9.17. The second-order valence-corrected chi connectivity index (χ2v) is 4.21. The van der Waals surface area contributed by atoms with E-state index in [1.807, 2.05) is 24.9 Å². The molecule has 0 aliphatic heterocycles. The minimum atomic E-state index is -0.216. The van der Waals surface area contributed by atoms with Gasteiger partial charge < -0.3 is 15.0 Å². The molecule has 0 atom stereocenters. The molecule has 0 saturated heterocycles. The van der Waals surface area contributed by atoms with Crippen molar-refractivity contribution < 1.29 is 9.13 Å². The number of hydrogen-bond acceptors (Lipinski definition) is 2. The Morgan fingerprint density at radius 2 is 2.26 bits per heavy atom. The number of hydrogen-bond donors (Lipinski definition) is 1. The predicted octanol–water partition coefficient (Wildman–Crippen LogP) is 1.87. The Labute approximate surface area is 114 Å². The molecule has 1 rings (SSSR count). The molecule has 0 spiro atoms. The van der Waals surface area contributed by atoms with Crippen LogP contribution in [-0.4, -0.2) is 44.7 Å². The predicted molar refractivity (Wildman–Crippen MR) is 75.7 cm³/mol. The second-order valence-electron chi connectivity index (χ2n) is 4.21. The number of benzene rings is 1. The Morgan fingerprint density at radius 1 is 1.47 bits per heavy atom. The number of ether oxygens (including phenoxy) is 1. The molecule has 0 unspecified atom stereocenters. The van der Waals surface area contributed by atoms with Crippen LogP contribution in [0.2, 0.25) is 0 Å². The Morgan fingerprint density at radius 3 is 2.89 bits per heavy atom. The zero-order valence-electron chi connectivity index (χ0n) is 11.8. The number of nitrogens with one attached hydrogen (secondary N) is 1. The summed E-state index contributed by atoms with van der Waals surface area (Å²) >= 11 is 0. The first-order valence-corrected chi connectivity index (χ1v) is 6.40. The van der Waals surface area contributed by atoms with E-state index in [1.165, 1.54) is 12.1 Å². The first kappa shape index (κ1) is 15.4. The Hall–Kier alpha value is -1.62. The van der Waals surface area contributed by atoms with E-state index in [0.717, 1.165) is 18.1 Å². The lowest BCUT2D eigenvalue weighted by Gasteiger charge is -2.22. The van der Waals surface area contributed by atoms with E-state index in [-0.39, 0.29) is 5.82 Å². The molecule has 0 saturated carbocycles. The fraction of sp³-hybridized carbons (Fsp3) is 0.500. The fourth-order valence-electron chi connectivity index (χ4n) is 1.70. The maximum atomic E-state index is 13.1. The van der Waals surface area contributed by atoms with E-state index >= 15 is 0 Å². The van der Waals surface area contributed by atoms with Crippen LogP contribution in [0.3, 0.4) is 0 Å². The van der Waals surface area contributed by atoms with Gasteiger partial charge in [-0.15, -0.1) is 0 Å². The van der Waals surface area contributed by atoms with Crippen molar-refractivity contribution in [2.75, 3.05) is 33.9 Å². The van der Waals surface area contributed by atoms with Gasteiger partial charge in [0.05, 0.1) is 13.2 Å². The van der Waals surface area contributed by atoms with E-state index in [1.54, 1.807) is 13.2 Å². The molecule has 5 heteroatoms. The summed E-state index contributed by atoms with van der Waals surface area (Å²) in [6.07, 6.45) is 0. The molecule has 0 amide bonds. The Balaban J connectivity index is 2.65. The molecule has 0 bridgehead atoms. The summed E-state index contributed by atoms with van der Waals surface area (Å²) in [6.45, 7) is 4.60. The van der Waals surface area contributed by atoms with Crippen molar-refractivity contribution in [1.82, 2.24) is 10.2 Å². The average Bonchev–Trinajstić information content (AvgIpc) is 2.38. The van der Waals surface area contributed by atoms with E-state index < -0.39 is 0 Å². The zero-order valence-corrected chi connectivity index (χ0v) is 11.8. The van der Waals surface area contributed by atoms with E-state index in [0.29, 0.717) is 19.7 Å². The lowest BCUT2D eigenvalue weighted by molar-refractivity contribution is 0.207. The third-order valence-electron chi connectivity index (χ3n) is 2.56. The second kappa shape index (κ2) is 8.48. The number of methoxy groups -OCH3 is 1. The summed E-state index contributed by atoms with van der Waals surface area (Å²) in [5, 5.41) is 3.20. The van der Waals surface area contributed by atoms with Gasteiger partial charge in [0.15, 0.2) is 5.96 Å². The summed E-state index contributed by atoms with van der Waals surface area (Å²) in [5.74, 6) is 0.580. The Kier molecular flexibility index (Phi) is 6.89. The van der Waals surface area contributed by atoms with Gasteiger partial charge in [0, 0.05) is 27.2 Å². The highest BCUT2D eigenvalue weighted by Crippen LogP contribution is 2.06. The summed E-state index contributed by atoms with van der Waals surface area (Å²) in [6, 6.07) is 6.60. The largest absolute Gasteiger partial charge is 0.383 e. The van der Waals surface area contributed by atoms with Gasteiger partial charge in [-0.05, 0) is 24.6 Å². The molecule has 1 aromatic rings. The summed E-state index contributed by atoms with van der Waals surface area (Å²) in [4.78, 5) is 6.40. The topological polar surface area (TPSA) is 36.9 Å². The van der Waals surface area contributed by atoms with Crippen LogP contribution in [0.4, 0.5) is 4.39 Å². The maximum absolute atomic E-state index is 13.1. The quantitative estimate of drug-likeness (QED) is 0.486. The fourth-order valence-corrected chi connectivity index (χ4v) is 1.70. The summed E-state index contributed by atoms with van der Waals surface area (Å²) in [5.41, 5.74) is 0.917. The van der Waals surface area contributed by atoms with Crippen LogP contribution in [-0.2, 0) is 11.3 Å². The molecule has 0 aliphatic carbocycles. The van der Waals surface area contributed by atoms with Gasteiger partial charge in [-0.2, -0.15) is 0 Å². The monoisotopic (exact) mass is 267 g/mol. The number of nitrogens with zero attached hydrogens (tertiary/aromatic N) is 2. The van der Waals surface area contributed by atoms with Gasteiger partial charge in [-0.3, -0.25) is 4.99 Å². The molecule has 0 heterocycles.